The van der Waals surface area contributed by atoms with Crippen LogP contribution in [0.3, 0.4) is 0 Å². The lowest BCUT2D eigenvalue weighted by Gasteiger charge is -2.44. The summed E-state index contributed by atoms with van der Waals surface area (Å²) in [4.78, 5) is 22.9. The summed E-state index contributed by atoms with van der Waals surface area (Å²) in [7, 11) is 0. The number of amides is 1. The van der Waals surface area contributed by atoms with E-state index in [4.69, 9.17) is 9.72 Å². The fourth-order valence-corrected chi connectivity index (χ4v) is 5.93. The van der Waals surface area contributed by atoms with Crippen LogP contribution in [-0.4, -0.2) is 57.4 Å². The number of anilines is 1. The molecule has 6 rings (SSSR count). The number of piperazine rings is 1. The van der Waals surface area contributed by atoms with Gasteiger partial charge in [-0.25, -0.2) is 4.98 Å². The number of para-hydroxylation sites is 1. The van der Waals surface area contributed by atoms with E-state index in [1.54, 1.807) is 4.68 Å². The summed E-state index contributed by atoms with van der Waals surface area (Å²) < 4.78 is 7.75. The quantitative estimate of drug-likeness (QED) is 0.528. The van der Waals surface area contributed by atoms with Crippen molar-refractivity contribution >= 4 is 22.6 Å². The van der Waals surface area contributed by atoms with E-state index in [1.165, 1.54) is 0 Å². The van der Waals surface area contributed by atoms with Crippen molar-refractivity contribution in [1.29, 1.82) is 5.26 Å². The summed E-state index contributed by atoms with van der Waals surface area (Å²) in [6, 6.07) is 10.5. The number of hydrogen-bond donors (Lipinski definition) is 0. The van der Waals surface area contributed by atoms with E-state index in [0.717, 1.165) is 52.8 Å². The normalized spacial score (nSPS) is 21.8. The molecule has 4 heterocycles. The summed E-state index contributed by atoms with van der Waals surface area (Å²) >= 11 is 0. The lowest BCUT2D eigenvalue weighted by Crippen LogP contribution is -2.58. The first-order valence-electron chi connectivity index (χ1n) is 13.5. The van der Waals surface area contributed by atoms with Crippen LogP contribution in [0.4, 0.5) is 5.82 Å². The van der Waals surface area contributed by atoms with Gasteiger partial charge in [0.25, 0.3) is 0 Å². The number of aromatic nitrogens is 3. The number of fused-ring (bicyclic) bond motifs is 2. The van der Waals surface area contributed by atoms with Gasteiger partial charge in [0.05, 0.1) is 41.7 Å². The number of carbonyl (C=O) groups is 1. The molecular formula is C29H34N6O2. The van der Waals surface area contributed by atoms with Crippen molar-refractivity contribution in [2.75, 3.05) is 24.5 Å². The number of benzene rings is 1. The first-order valence-corrected chi connectivity index (χ1v) is 13.5. The Labute approximate surface area is 217 Å². The molecule has 2 unspecified atom stereocenters. The monoisotopic (exact) mass is 498 g/mol. The molecule has 1 aromatic carbocycles. The molecule has 2 fully saturated rings. The van der Waals surface area contributed by atoms with Crippen molar-refractivity contribution in [1.82, 2.24) is 19.7 Å². The maximum Gasteiger partial charge on any atom is 0.244 e. The van der Waals surface area contributed by atoms with Gasteiger partial charge in [0.15, 0.2) is 0 Å². The molecule has 192 valence electrons. The van der Waals surface area contributed by atoms with E-state index in [9.17, 15) is 10.1 Å². The Hall–Kier alpha value is -3.44. The highest BCUT2D eigenvalue weighted by Gasteiger charge is 2.38. The molecule has 2 atom stereocenters. The number of pyridine rings is 1. The van der Waals surface area contributed by atoms with Crippen LogP contribution in [0.25, 0.3) is 10.9 Å². The zero-order chi connectivity index (χ0) is 25.7. The van der Waals surface area contributed by atoms with Gasteiger partial charge in [-0.2, -0.15) is 10.4 Å². The van der Waals surface area contributed by atoms with E-state index in [1.807, 2.05) is 35.4 Å². The lowest BCUT2D eigenvalue weighted by molar-refractivity contribution is -0.135. The fourth-order valence-electron chi connectivity index (χ4n) is 5.93. The minimum absolute atomic E-state index is 0.0269. The number of carbonyl (C=O) groups excluding carboxylic acids is 1. The Balaban J connectivity index is 1.28. The zero-order valence-corrected chi connectivity index (χ0v) is 21.9. The average molecular weight is 499 g/mol. The van der Waals surface area contributed by atoms with Crippen molar-refractivity contribution in [3.05, 3.63) is 52.8 Å². The first-order chi connectivity index (χ1) is 17.9. The molecule has 1 saturated heterocycles. The fraction of sp³-hybridized carbons (Fsp3) is 0.517. The highest BCUT2D eigenvalue weighted by molar-refractivity contribution is 5.82. The second-order valence-electron chi connectivity index (χ2n) is 11.1. The summed E-state index contributed by atoms with van der Waals surface area (Å²) in [6.07, 6.45) is 4.96. The van der Waals surface area contributed by atoms with Gasteiger partial charge >= 0.3 is 0 Å². The van der Waals surface area contributed by atoms with Crippen molar-refractivity contribution in [2.45, 2.75) is 71.2 Å². The molecule has 3 aliphatic rings. The highest BCUT2D eigenvalue weighted by Crippen LogP contribution is 2.45. The molecule has 37 heavy (non-hydrogen) atoms. The van der Waals surface area contributed by atoms with Gasteiger partial charge in [0.1, 0.15) is 18.4 Å². The second-order valence-corrected chi connectivity index (χ2v) is 11.1. The minimum atomic E-state index is 0.0269. The molecule has 0 bridgehead atoms. The first kappa shape index (κ1) is 23.9. The molecular weight excluding hydrogens is 464 g/mol. The number of nitriles is 1. The Morgan fingerprint density at radius 2 is 2.03 bits per heavy atom. The molecule has 0 radical (unpaired) electrons. The maximum atomic E-state index is 13.5. The SMILES string of the molecule is CC1Cc2c(C#N)c(N3CCN(C(=O)Cn4ncc5ccccc54)C(C(C)C)C3)nc(C3CC3)c2CO1. The maximum absolute atomic E-state index is 13.5. The lowest BCUT2D eigenvalue weighted by atomic mass is 9.92. The third-order valence-electron chi connectivity index (χ3n) is 8.15. The van der Waals surface area contributed by atoms with E-state index >= 15 is 0 Å². The average Bonchev–Trinajstić information content (AvgIpc) is 3.68. The number of hydrogen-bond acceptors (Lipinski definition) is 6. The molecule has 2 aromatic heterocycles. The van der Waals surface area contributed by atoms with Gasteiger partial charge in [-0.1, -0.05) is 32.0 Å². The van der Waals surface area contributed by atoms with Crippen molar-refractivity contribution < 1.29 is 9.53 Å². The summed E-state index contributed by atoms with van der Waals surface area (Å²) in [5.74, 6) is 1.62. The van der Waals surface area contributed by atoms with Crippen LogP contribution in [0, 0.1) is 17.2 Å². The Morgan fingerprint density at radius 3 is 2.78 bits per heavy atom. The number of rotatable bonds is 5. The highest BCUT2D eigenvalue weighted by atomic mass is 16.5. The van der Waals surface area contributed by atoms with Crippen molar-refractivity contribution in [3.63, 3.8) is 0 Å². The molecule has 2 aliphatic heterocycles. The van der Waals surface area contributed by atoms with Crippen LogP contribution in [0.15, 0.2) is 30.5 Å². The predicted octanol–water partition coefficient (Wildman–Crippen LogP) is 4.01. The third kappa shape index (κ3) is 4.36. The third-order valence-corrected chi connectivity index (χ3v) is 8.15. The van der Waals surface area contributed by atoms with Crippen molar-refractivity contribution in [3.8, 4) is 6.07 Å². The van der Waals surface area contributed by atoms with Gasteiger partial charge in [-0.3, -0.25) is 9.48 Å². The van der Waals surface area contributed by atoms with E-state index in [2.05, 4.69) is 36.8 Å². The Morgan fingerprint density at radius 1 is 1.22 bits per heavy atom. The number of ether oxygens (including phenoxy) is 1. The standard InChI is InChI=1S/C29H34N6O2/c1-18(2)26-15-33(10-11-34(26)27(36)16-35-25-7-5-4-6-21(25)14-31-35)29-23(13-30)22-12-19(3)37-17-24(22)28(32-29)20-8-9-20/h4-7,14,18-20,26H,8-12,15-17H2,1-3H3. The van der Waals surface area contributed by atoms with Gasteiger partial charge < -0.3 is 14.5 Å². The van der Waals surface area contributed by atoms with Gasteiger partial charge in [-0.05, 0) is 37.3 Å². The summed E-state index contributed by atoms with van der Waals surface area (Å²) in [5.41, 5.74) is 5.05. The van der Waals surface area contributed by atoms with Gasteiger partial charge in [0, 0.05) is 42.9 Å². The largest absolute Gasteiger partial charge is 0.373 e. The molecule has 1 aliphatic carbocycles. The van der Waals surface area contributed by atoms with Crippen LogP contribution in [0.5, 0.6) is 0 Å². The predicted molar refractivity (Wildman–Crippen MR) is 141 cm³/mol. The second kappa shape index (κ2) is 9.46. The molecule has 8 heteroatoms. The van der Waals surface area contributed by atoms with Gasteiger partial charge in [0.2, 0.25) is 5.91 Å². The van der Waals surface area contributed by atoms with E-state index in [0.29, 0.717) is 37.7 Å². The number of nitrogens with zero attached hydrogens (tertiary/aromatic N) is 6. The van der Waals surface area contributed by atoms with Crippen LogP contribution < -0.4 is 4.90 Å². The van der Waals surface area contributed by atoms with Crippen LogP contribution >= 0.6 is 0 Å². The van der Waals surface area contributed by atoms with Crippen LogP contribution in [0.1, 0.15) is 61.9 Å². The van der Waals surface area contributed by atoms with Crippen molar-refractivity contribution in [2.24, 2.45) is 5.92 Å². The van der Waals surface area contributed by atoms with Crippen LogP contribution in [0.2, 0.25) is 0 Å². The van der Waals surface area contributed by atoms with E-state index < -0.39 is 0 Å². The Bertz CT molecular complexity index is 1390. The van der Waals surface area contributed by atoms with E-state index in [-0.39, 0.29) is 30.5 Å². The Kier molecular flexibility index (Phi) is 6.12. The van der Waals surface area contributed by atoms with Crippen LogP contribution in [-0.2, 0) is 29.1 Å². The minimum Gasteiger partial charge on any atom is -0.373 e. The smallest absolute Gasteiger partial charge is 0.244 e. The molecule has 0 N–H and O–H groups in total. The zero-order valence-electron chi connectivity index (χ0n) is 21.9. The topological polar surface area (TPSA) is 87.3 Å². The summed E-state index contributed by atoms with van der Waals surface area (Å²) in [5, 5.41) is 15.8. The van der Waals surface area contributed by atoms with Gasteiger partial charge in [-0.15, -0.1) is 0 Å². The summed E-state index contributed by atoms with van der Waals surface area (Å²) in [6.45, 7) is 9.09. The molecule has 1 amide bonds. The molecule has 0 spiro atoms. The molecule has 3 aromatic rings. The molecule has 1 saturated carbocycles. The molecule has 8 nitrogen and oxygen atoms in total.